The van der Waals surface area contributed by atoms with E-state index in [1.807, 2.05) is 31.2 Å². The van der Waals surface area contributed by atoms with Crippen LogP contribution in [0.4, 0.5) is 0 Å². The van der Waals surface area contributed by atoms with Crippen LogP contribution in [0.2, 0.25) is 5.02 Å². The van der Waals surface area contributed by atoms with Gasteiger partial charge in [0.25, 0.3) is 0 Å². The maximum atomic E-state index is 12.1. The molecule has 6 nitrogen and oxygen atoms in total. The minimum absolute atomic E-state index is 0.109. The summed E-state index contributed by atoms with van der Waals surface area (Å²) in [5.41, 5.74) is 2.57. The third-order valence-corrected chi connectivity index (χ3v) is 5.38. The maximum Gasteiger partial charge on any atom is 0.247 e. The Morgan fingerprint density at radius 3 is 2.54 bits per heavy atom. The van der Waals surface area contributed by atoms with Crippen molar-refractivity contribution in [1.82, 2.24) is 14.9 Å². The van der Waals surface area contributed by atoms with E-state index in [1.165, 1.54) is 0 Å². The van der Waals surface area contributed by atoms with E-state index in [9.17, 15) is 8.42 Å². The van der Waals surface area contributed by atoms with Crippen molar-refractivity contribution in [1.29, 1.82) is 0 Å². The van der Waals surface area contributed by atoms with Crippen LogP contribution in [0.1, 0.15) is 17.0 Å². The number of nitrogens with one attached hydrogen (secondary N) is 1. The summed E-state index contributed by atoms with van der Waals surface area (Å²) in [7, 11) is -3.45. The molecule has 0 spiro atoms. The molecule has 0 amide bonds. The highest BCUT2D eigenvalue weighted by Crippen LogP contribution is 2.21. The molecule has 0 aliphatic carbocycles. The first-order chi connectivity index (χ1) is 12.4. The van der Waals surface area contributed by atoms with Gasteiger partial charge in [-0.05, 0) is 36.2 Å². The first-order valence-electron chi connectivity index (χ1n) is 8.03. The monoisotopic (exact) mass is 391 g/mol. The van der Waals surface area contributed by atoms with E-state index in [0.29, 0.717) is 28.8 Å². The Kier molecular flexibility index (Phi) is 5.70. The molecule has 0 unspecified atom stereocenters. The standard InChI is InChI=1S/C18H18ClN3O3S/c1-13-4-2-3-5-16(13)18-22-21-17(25-18)10-11-20-26(23,24)12-14-6-8-15(19)9-7-14/h2-9,20H,10-12H2,1H3. The lowest BCUT2D eigenvalue weighted by molar-refractivity contribution is 0.501. The first kappa shape index (κ1) is 18.6. The Morgan fingerprint density at radius 1 is 1.08 bits per heavy atom. The predicted molar refractivity (Wildman–Crippen MR) is 100 cm³/mol. The minimum atomic E-state index is -3.45. The Balaban J connectivity index is 1.56. The molecule has 2 aromatic carbocycles. The summed E-state index contributed by atoms with van der Waals surface area (Å²) in [5.74, 6) is 0.710. The molecule has 26 heavy (non-hydrogen) atoms. The van der Waals surface area contributed by atoms with Gasteiger partial charge >= 0.3 is 0 Å². The second kappa shape index (κ2) is 7.99. The fraction of sp³-hybridized carbons (Fsp3) is 0.222. The summed E-state index contributed by atoms with van der Waals surface area (Å²) < 4.78 is 32.4. The van der Waals surface area contributed by atoms with Crippen LogP contribution < -0.4 is 4.72 Å². The third-order valence-electron chi connectivity index (χ3n) is 3.77. The molecule has 1 heterocycles. The van der Waals surface area contributed by atoms with Gasteiger partial charge in [0.05, 0.1) is 5.75 Å². The van der Waals surface area contributed by atoms with Crippen molar-refractivity contribution in [3.05, 3.63) is 70.6 Å². The van der Waals surface area contributed by atoms with Crippen molar-refractivity contribution in [2.24, 2.45) is 0 Å². The number of halogens is 1. The van der Waals surface area contributed by atoms with Crippen LogP contribution in [-0.2, 0) is 22.2 Å². The zero-order valence-corrected chi connectivity index (χ0v) is 15.7. The molecule has 1 aromatic heterocycles. The summed E-state index contributed by atoms with van der Waals surface area (Å²) in [6.07, 6.45) is 0.318. The van der Waals surface area contributed by atoms with E-state index >= 15 is 0 Å². The Hall–Kier alpha value is -2.22. The molecule has 0 bridgehead atoms. The molecule has 0 saturated carbocycles. The van der Waals surface area contributed by atoms with Crippen LogP contribution in [0, 0.1) is 6.92 Å². The van der Waals surface area contributed by atoms with E-state index in [4.69, 9.17) is 16.0 Å². The second-order valence-corrected chi connectivity index (χ2v) is 8.09. The molecule has 0 atom stereocenters. The number of sulfonamides is 1. The number of aryl methyl sites for hydroxylation is 1. The summed E-state index contributed by atoms with van der Waals surface area (Å²) >= 11 is 5.80. The van der Waals surface area contributed by atoms with Gasteiger partial charge in [-0.15, -0.1) is 10.2 Å². The Morgan fingerprint density at radius 2 is 1.81 bits per heavy atom. The Bertz CT molecular complexity index is 985. The van der Waals surface area contributed by atoms with Crippen molar-refractivity contribution in [2.45, 2.75) is 19.1 Å². The molecule has 3 aromatic rings. The van der Waals surface area contributed by atoms with E-state index in [1.54, 1.807) is 24.3 Å². The Labute approximate surface area is 157 Å². The largest absolute Gasteiger partial charge is 0.421 e. The fourth-order valence-electron chi connectivity index (χ4n) is 2.44. The highest BCUT2D eigenvalue weighted by molar-refractivity contribution is 7.88. The highest BCUT2D eigenvalue weighted by atomic mass is 35.5. The normalized spacial score (nSPS) is 11.6. The van der Waals surface area contributed by atoms with Crippen LogP contribution in [0.15, 0.2) is 52.9 Å². The summed E-state index contributed by atoms with van der Waals surface area (Å²) in [6.45, 7) is 2.15. The maximum absolute atomic E-state index is 12.1. The van der Waals surface area contributed by atoms with Crippen LogP contribution >= 0.6 is 11.6 Å². The number of aromatic nitrogens is 2. The molecule has 0 aliphatic rings. The zero-order valence-electron chi connectivity index (χ0n) is 14.1. The molecule has 0 radical (unpaired) electrons. The summed E-state index contributed by atoms with van der Waals surface area (Å²) in [6, 6.07) is 14.4. The molecule has 8 heteroatoms. The first-order valence-corrected chi connectivity index (χ1v) is 10.1. The van der Waals surface area contributed by atoms with E-state index < -0.39 is 10.0 Å². The lowest BCUT2D eigenvalue weighted by atomic mass is 10.1. The van der Waals surface area contributed by atoms with Crippen molar-refractivity contribution < 1.29 is 12.8 Å². The average molecular weight is 392 g/mol. The van der Waals surface area contributed by atoms with Crippen molar-refractivity contribution in [3.63, 3.8) is 0 Å². The number of hydrogen-bond acceptors (Lipinski definition) is 5. The molecule has 1 N–H and O–H groups in total. The molecular weight excluding hydrogens is 374 g/mol. The van der Waals surface area contributed by atoms with Gasteiger partial charge in [0.15, 0.2) is 0 Å². The average Bonchev–Trinajstić information content (AvgIpc) is 3.05. The van der Waals surface area contributed by atoms with Crippen LogP contribution in [0.3, 0.4) is 0 Å². The van der Waals surface area contributed by atoms with Crippen molar-refractivity contribution in [3.8, 4) is 11.5 Å². The molecule has 3 rings (SSSR count). The topological polar surface area (TPSA) is 85.1 Å². The SMILES string of the molecule is Cc1ccccc1-c1nnc(CCNS(=O)(=O)Cc2ccc(Cl)cc2)o1. The van der Waals surface area contributed by atoms with Crippen molar-refractivity contribution >= 4 is 21.6 Å². The lowest BCUT2D eigenvalue weighted by Crippen LogP contribution is -2.27. The molecule has 0 fully saturated rings. The number of rotatable bonds is 7. The van der Waals surface area contributed by atoms with E-state index in [2.05, 4.69) is 14.9 Å². The fourth-order valence-corrected chi connectivity index (χ4v) is 3.71. The minimum Gasteiger partial charge on any atom is -0.421 e. The van der Waals surface area contributed by atoms with Gasteiger partial charge in [0.2, 0.25) is 21.8 Å². The zero-order chi connectivity index (χ0) is 18.6. The van der Waals surface area contributed by atoms with Gasteiger partial charge in [-0.3, -0.25) is 0 Å². The van der Waals surface area contributed by atoms with E-state index in [0.717, 1.165) is 11.1 Å². The third kappa shape index (κ3) is 4.91. The van der Waals surface area contributed by atoms with Crippen LogP contribution in [0.5, 0.6) is 0 Å². The quantitative estimate of drug-likeness (QED) is 0.667. The van der Waals surface area contributed by atoms with Gasteiger partial charge in [0, 0.05) is 23.6 Å². The van der Waals surface area contributed by atoms with Gasteiger partial charge in [-0.2, -0.15) is 0 Å². The van der Waals surface area contributed by atoms with E-state index in [-0.39, 0.29) is 12.3 Å². The van der Waals surface area contributed by atoms with Gasteiger partial charge in [-0.25, -0.2) is 13.1 Å². The lowest BCUT2D eigenvalue weighted by Gasteiger charge is -2.05. The number of nitrogens with zero attached hydrogens (tertiary/aromatic N) is 2. The molecule has 136 valence electrons. The molecule has 0 aliphatic heterocycles. The van der Waals surface area contributed by atoms with Gasteiger partial charge < -0.3 is 4.42 Å². The van der Waals surface area contributed by atoms with Crippen molar-refractivity contribution in [2.75, 3.05) is 6.54 Å². The molecular formula is C18H18ClN3O3S. The second-order valence-electron chi connectivity index (χ2n) is 5.85. The van der Waals surface area contributed by atoms with Crippen LogP contribution in [0.25, 0.3) is 11.5 Å². The number of benzene rings is 2. The van der Waals surface area contributed by atoms with Gasteiger partial charge in [0.1, 0.15) is 0 Å². The van der Waals surface area contributed by atoms with Gasteiger partial charge in [-0.1, -0.05) is 41.9 Å². The summed E-state index contributed by atoms with van der Waals surface area (Å²) in [4.78, 5) is 0. The molecule has 0 saturated heterocycles. The smallest absolute Gasteiger partial charge is 0.247 e. The highest BCUT2D eigenvalue weighted by Gasteiger charge is 2.14. The number of hydrogen-bond donors (Lipinski definition) is 1. The predicted octanol–water partition coefficient (Wildman–Crippen LogP) is 3.36. The summed E-state index contributed by atoms with van der Waals surface area (Å²) in [5, 5.41) is 8.58. The van der Waals surface area contributed by atoms with Crippen LogP contribution in [-0.4, -0.2) is 25.2 Å².